The Labute approximate surface area is 193 Å². The van der Waals surface area contributed by atoms with Crippen LogP contribution in [0.4, 0.5) is 15.8 Å². The van der Waals surface area contributed by atoms with E-state index in [0.717, 1.165) is 23.8 Å². The summed E-state index contributed by atoms with van der Waals surface area (Å²) in [6.45, 7) is 1.11. The summed E-state index contributed by atoms with van der Waals surface area (Å²) >= 11 is 11.9. The van der Waals surface area contributed by atoms with Crippen LogP contribution in [0.3, 0.4) is 0 Å². The van der Waals surface area contributed by atoms with Crippen LogP contribution in [0.5, 0.6) is 0 Å². The van der Waals surface area contributed by atoms with E-state index in [-0.39, 0.29) is 33.5 Å². The molecule has 3 amide bonds. The van der Waals surface area contributed by atoms with Gasteiger partial charge in [-0.25, -0.2) is 9.29 Å². The van der Waals surface area contributed by atoms with Gasteiger partial charge in [-0.1, -0.05) is 29.3 Å². The zero-order valence-corrected chi connectivity index (χ0v) is 18.2. The third-order valence-corrected chi connectivity index (χ3v) is 5.74. The van der Waals surface area contributed by atoms with E-state index in [1.807, 2.05) is 0 Å². The average molecular weight is 478 g/mol. The van der Waals surface area contributed by atoms with Crippen molar-refractivity contribution in [1.82, 2.24) is 5.32 Å². The number of anilines is 2. The summed E-state index contributed by atoms with van der Waals surface area (Å²) in [5, 5.41) is 5.07. The van der Waals surface area contributed by atoms with Crippen molar-refractivity contribution >= 4 is 52.3 Å². The fourth-order valence-corrected chi connectivity index (χ4v) is 3.85. The van der Waals surface area contributed by atoms with Gasteiger partial charge in [0.2, 0.25) is 0 Å². The number of benzene rings is 2. The first-order chi connectivity index (χ1) is 15.3. The van der Waals surface area contributed by atoms with Crippen molar-refractivity contribution in [2.45, 2.75) is 18.9 Å². The first-order valence-corrected chi connectivity index (χ1v) is 10.6. The molecule has 2 N–H and O–H groups in total. The summed E-state index contributed by atoms with van der Waals surface area (Å²) in [6.07, 6.45) is 1.89. The van der Waals surface area contributed by atoms with Crippen LogP contribution in [0.25, 0.3) is 0 Å². The van der Waals surface area contributed by atoms with Crippen LogP contribution >= 0.6 is 23.2 Å². The number of hydrogen-bond acceptors (Lipinski definition) is 5. The molecule has 2 aliphatic rings. The van der Waals surface area contributed by atoms with E-state index < -0.39 is 17.6 Å². The molecule has 0 aromatic heterocycles. The highest BCUT2D eigenvalue weighted by Crippen LogP contribution is 2.32. The molecule has 2 aromatic rings. The molecule has 2 aliphatic heterocycles. The predicted octanol–water partition coefficient (Wildman–Crippen LogP) is 3.82. The third-order valence-electron chi connectivity index (χ3n) is 5.10. The molecule has 1 fully saturated rings. The second-order valence-electron chi connectivity index (χ2n) is 7.28. The molecular formula is C22H18Cl2FN3O4. The van der Waals surface area contributed by atoms with Crippen LogP contribution in [-0.4, -0.2) is 37.0 Å². The van der Waals surface area contributed by atoms with Gasteiger partial charge in [-0.3, -0.25) is 14.4 Å². The van der Waals surface area contributed by atoms with Gasteiger partial charge in [-0.05, 0) is 49.2 Å². The zero-order chi connectivity index (χ0) is 22.8. The Morgan fingerprint density at radius 1 is 1.16 bits per heavy atom. The molecule has 1 atom stereocenters. The monoisotopic (exact) mass is 477 g/mol. The molecule has 1 saturated heterocycles. The van der Waals surface area contributed by atoms with Crippen molar-refractivity contribution in [2.75, 3.05) is 23.4 Å². The zero-order valence-electron chi connectivity index (χ0n) is 16.7. The van der Waals surface area contributed by atoms with E-state index in [1.165, 1.54) is 18.2 Å². The Bertz CT molecular complexity index is 1130. The largest absolute Gasteiger partial charge is 0.376 e. The van der Waals surface area contributed by atoms with Gasteiger partial charge in [0.15, 0.2) is 0 Å². The fourth-order valence-electron chi connectivity index (χ4n) is 3.47. The Balaban J connectivity index is 1.49. The number of halogens is 3. The van der Waals surface area contributed by atoms with E-state index in [4.69, 9.17) is 27.9 Å². The molecule has 4 rings (SSSR count). The van der Waals surface area contributed by atoms with Crippen LogP contribution in [0.1, 0.15) is 23.2 Å². The van der Waals surface area contributed by atoms with E-state index in [1.54, 1.807) is 18.2 Å². The van der Waals surface area contributed by atoms with Crippen LogP contribution in [0, 0.1) is 5.82 Å². The predicted molar refractivity (Wildman–Crippen MR) is 118 cm³/mol. The molecule has 166 valence electrons. The number of amides is 3. The lowest BCUT2D eigenvalue weighted by Crippen LogP contribution is -2.32. The second kappa shape index (κ2) is 9.28. The Morgan fingerprint density at radius 3 is 2.69 bits per heavy atom. The highest BCUT2D eigenvalue weighted by Gasteiger charge is 2.39. The van der Waals surface area contributed by atoms with Gasteiger partial charge in [0.25, 0.3) is 17.7 Å². The molecule has 1 unspecified atom stereocenters. The van der Waals surface area contributed by atoms with E-state index in [2.05, 4.69) is 10.6 Å². The second-order valence-corrected chi connectivity index (χ2v) is 8.07. The number of carbonyl (C=O) groups excluding carboxylic acids is 3. The average Bonchev–Trinajstić information content (AvgIpc) is 3.37. The van der Waals surface area contributed by atoms with Gasteiger partial charge in [0, 0.05) is 24.4 Å². The van der Waals surface area contributed by atoms with Crippen molar-refractivity contribution in [3.05, 3.63) is 69.6 Å². The van der Waals surface area contributed by atoms with Gasteiger partial charge >= 0.3 is 0 Å². The number of nitrogens with one attached hydrogen (secondary N) is 2. The molecule has 10 heteroatoms. The smallest absolute Gasteiger partial charge is 0.283 e. The number of imide groups is 1. The number of nitrogens with zero attached hydrogens (tertiary/aromatic N) is 1. The van der Waals surface area contributed by atoms with Crippen molar-refractivity contribution in [1.29, 1.82) is 0 Å². The van der Waals surface area contributed by atoms with Crippen molar-refractivity contribution in [3.8, 4) is 0 Å². The highest BCUT2D eigenvalue weighted by molar-refractivity contribution is 6.53. The van der Waals surface area contributed by atoms with Crippen molar-refractivity contribution in [3.63, 3.8) is 0 Å². The molecule has 0 radical (unpaired) electrons. The van der Waals surface area contributed by atoms with Crippen molar-refractivity contribution in [2.24, 2.45) is 0 Å². The molecular weight excluding hydrogens is 460 g/mol. The lowest BCUT2D eigenvalue weighted by molar-refractivity contribution is -0.120. The normalized spacial score (nSPS) is 18.5. The minimum absolute atomic E-state index is 0.0114. The molecule has 7 nitrogen and oxygen atoms in total. The summed E-state index contributed by atoms with van der Waals surface area (Å²) < 4.78 is 19.0. The summed E-state index contributed by atoms with van der Waals surface area (Å²) in [6, 6.07) is 9.90. The third kappa shape index (κ3) is 4.48. The van der Waals surface area contributed by atoms with E-state index in [9.17, 15) is 18.8 Å². The first-order valence-electron chi connectivity index (χ1n) is 9.85. The maximum absolute atomic E-state index is 13.5. The SMILES string of the molecule is O=C(NCC1CCCO1)c1cccc(NC2=C(Cl)C(=O)N(c3ccc(F)c(Cl)c3)C2=O)c1. The number of carbonyl (C=O) groups is 3. The van der Waals surface area contributed by atoms with Gasteiger partial charge < -0.3 is 15.4 Å². The lowest BCUT2D eigenvalue weighted by Gasteiger charge is -2.16. The van der Waals surface area contributed by atoms with E-state index in [0.29, 0.717) is 24.4 Å². The summed E-state index contributed by atoms with van der Waals surface area (Å²) in [5.41, 5.74) is 0.685. The van der Waals surface area contributed by atoms with Crippen molar-refractivity contribution < 1.29 is 23.5 Å². The number of hydrogen-bond donors (Lipinski definition) is 2. The van der Waals surface area contributed by atoms with Crippen LogP contribution in [0.2, 0.25) is 5.02 Å². The molecule has 0 saturated carbocycles. The van der Waals surface area contributed by atoms with Crippen LogP contribution in [0.15, 0.2) is 53.2 Å². The van der Waals surface area contributed by atoms with Gasteiger partial charge in [-0.15, -0.1) is 0 Å². The molecule has 2 aromatic carbocycles. The Kier molecular flexibility index (Phi) is 6.45. The van der Waals surface area contributed by atoms with Gasteiger partial charge in [0.1, 0.15) is 16.5 Å². The lowest BCUT2D eigenvalue weighted by atomic mass is 10.1. The maximum atomic E-state index is 13.5. The van der Waals surface area contributed by atoms with E-state index >= 15 is 0 Å². The molecule has 0 spiro atoms. The van der Waals surface area contributed by atoms with Gasteiger partial charge in [-0.2, -0.15) is 0 Å². The van der Waals surface area contributed by atoms with Gasteiger partial charge in [0.05, 0.1) is 16.8 Å². The molecule has 2 heterocycles. The Hall–Kier alpha value is -2.94. The summed E-state index contributed by atoms with van der Waals surface area (Å²) in [5.74, 6) is -2.47. The topological polar surface area (TPSA) is 87.7 Å². The summed E-state index contributed by atoms with van der Waals surface area (Å²) in [7, 11) is 0. The first kappa shape index (κ1) is 22.3. The maximum Gasteiger partial charge on any atom is 0.283 e. The molecule has 0 aliphatic carbocycles. The van der Waals surface area contributed by atoms with Crippen LogP contribution < -0.4 is 15.5 Å². The van der Waals surface area contributed by atoms with Crippen LogP contribution in [-0.2, 0) is 14.3 Å². The fraction of sp³-hybridized carbons (Fsp3) is 0.227. The molecule has 0 bridgehead atoms. The number of rotatable bonds is 6. The quantitative estimate of drug-likeness (QED) is 0.617. The molecule has 32 heavy (non-hydrogen) atoms. The summed E-state index contributed by atoms with van der Waals surface area (Å²) in [4.78, 5) is 38.7. The minimum Gasteiger partial charge on any atom is -0.376 e. The highest BCUT2D eigenvalue weighted by atomic mass is 35.5. The minimum atomic E-state index is -0.771. The Morgan fingerprint density at radius 2 is 1.97 bits per heavy atom. The number of ether oxygens (including phenoxy) is 1. The standard InChI is InChI=1S/C22H18Cl2FN3O4/c23-16-10-14(6-7-17(16)25)28-21(30)18(24)19(22(28)31)27-13-4-1-3-12(9-13)20(29)26-11-15-5-2-8-32-15/h1,3-4,6-7,9-10,15,27H,2,5,8,11H2,(H,26,29).